The molecule has 0 spiro atoms. The number of aromatic amines is 4. The van der Waals surface area contributed by atoms with Crippen LogP contribution in [0.15, 0.2) is 208 Å². The van der Waals surface area contributed by atoms with Crippen molar-refractivity contribution < 1.29 is 0 Å². The van der Waals surface area contributed by atoms with Crippen LogP contribution < -0.4 is 16.7 Å². The summed E-state index contributed by atoms with van der Waals surface area (Å²) in [5, 5.41) is 6.00. The topological polar surface area (TPSA) is 263 Å². The smallest absolute Gasteiger partial charge is 0.251 e. The Morgan fingerprint density at radius 2 is 0.878 bits per heavy atom. The van der Waals surface area contributed by atoms with Crippen LogP contribution >= 0.6 is 34.0 Å². The number of H-pyrrole nitrogens is 4. The Labute approximate surface area is 576 Å². The van der Waals surface area contributed by atoms with E-state index in [1.807, 2.05) is 153 Å². The fourth-order valence-corrected chi connectivity index (χ4v) is 14.6. The first kappa shape index (κ1) is 64.7. The average Bonchev–Trinajstić information content (AvgIpc) is 1.57. The SMILES string of the molecule is O=c1cc(-c2cccs2)nc(C2CCCN(Cc3cn(-c4ncc(-c5ccccc5)cn4)cn3)C2)[nH]1.O=c1cc(-c2cccs2)nc(C2CCCN(Cc3cn(-c4ncc(C#Cc5ccccc5)cn4)cn3)C2)[nH]1.O=c1cc(-c2cccs2)nc(C2CCCN(Cc3ncc[nH]3)C2)[nH]1. The quantitative estimate of drug-likeness (QED) is 0.0695. The first-order valence-electron chi connectivity index (χ1n) is 32.6. The van der Waals surface area contributed by atoms with Gasteiger partial charge in [0.15, 0.2) is 0 Å². The van der Waals surface area contributed by atoms with Gasteiger partial charge in [-0.05, 0) is 110 Å². The molecule has 492 valence electrons. The summed E-state index contributed by atoms with van der Waals surface area (Å²) in [6, 6.07) is 36.6. The fourth-order valence-electron chi connectivity index (χ4n) is 12.5. The Hall–Kier alpha value is -10.6. The molecule has 0 saturated carbocycles. The van der Waals surface area contributed by atoms with Crippen molar-refractivity contribution in [3.8, 4) is 66.6 Å². The van der Waals surface area contributed by atoms with Crippen LogP contribution in [0.3, 0.4) is 0 Å². The molecule has 22 nitrogen and oxygen atoms in total. The lowest BCUT2D eigenvalue weighted by molar-refractivity contribution is 0.192. The van der Waals surface area contributed by atoms with Crippen LogP contribution in [0, 0.1) is 11.8 Å². The third-order valence-corrected chi connectivity index (χ3v) is 19.9. The number of nitrogens with zero attached hydrogens (tertiary/aromatic N) is 15. The van der Waals surface area contributed by atoms with Crippen molar-refractivity contribution in [1.29, 1.82) is 0 Å². The normalized spacial score (nSPS) is 16.6. The van der Waals surface area contributed by atoms with Gasteiger partial charge in [-0.25, -0.2) is 49.8 Å². The van der Waals surface area contributed by atoms with Crippen molar-refractivity contribution in [1.82, 2.24) is 93.6 Å². The molecule has 25 heteroatoms. The molecule has 11 aromatic heterocycles. The van der Waals surface area contributed by atoms with E-state index < -0.39 is 0 Å². The third kappa shape index (κ3) is 16.8. The number of imidazole rings is 3. The van der Waals surface area contributed by atoms with Crippen LogP contribution in [-0.2, 0) is 19.6 Å². The molecule has 3 fully saturated rings. The lowest BCUT2D eigenvalue weighted by Gasteiger charge is -2.31. The van der Waals surface area contributed by atoms with E-state index in [0.29, 0.717) is 18.4 Å². The predicted octanol–water partition coefficient (Wildman–Crippen LogP) is 11.4. The highest BCUT2D eigenvalue weighted by Gasteiger charge is 2.28. The number of rotatable bonds is 15. The largest absolute Gasteiger partial charge is 0.348 e. The second-order valence-electron chi connectivity index (χ2n) is 24.3. The standard InChI is InChI=1S/C29H25N7OS.C27H25N7OS.C17H19N5OS/c37-27-14-25(26-9-5-13-38-26)33-28(34-27)23-8-4-12-35(17-23)18-24-19-36(20-32-24)29-30-15-22(16-31-29)11-10-21-6-2-1-3-7-21;35-25-12-23(24-9-5-11-36-24)31-26(32-25)20-8-4-10-33(15-20)16-22-17-34(18-30-22)27-28-13-21(14-29-27)19-6-2-1-3-7-19;23-16-9-13(14-4-2-8-24-14)20-17(21-16)12-3-1-7-22(10-12)11-15-18-5-6-19-15/h1-3,5-7,9,13-16,19-20,23H,4,8,12,17-18H2,(H,33,34,37);1-3,5-7,9,11-14,17-18,20H,4,8,10,15-16H2,(H,31,32,35);2,4-6,8-9,12H,1,3,7,10-11H2,(H,18,19)(H,20,21,23). The van der Waals surface area contributed by atoms with Crippen LogP contribution in [0.1, 0.15) is 102 Å². The lowest BCUT2D eigenvalue weighted by atomic mass is 9.97. The molecule has 2 aromatic carbocycles. The summed E-state index contributed by atoms with van der Waals surface area (Å²) in [6.45, 7) is 7.77. The Morgan fingerprint density at radius 1 is 0.449 bits per heavy atom. The molecule has 0 aliphatic carbocycles. The van der Waals surface area contributed by atoms with Crippen molar-refractivity contribution in [2.24, 2.45) is 0 Å². The number of benzene rings is 2. The van der Waals surface area contributed by atoms with E-state index in [4.69, 9.17) is 15.0 Å². The fraction of sp³-hybridized carbons (Fsp3) is 0.247. The minimum Gasteiger partial charge on any atom is -0.348 e. The van der Waals surface area contributed by atoms with Gasteiger partial charge < -0.3 is 19.9 Å². The molecule has 3 saturated heterocycles. The number of thiophene rings is 3. The highest BCUT2D eigenvalue weighted by molar-refractivity contribution is 7.14. The maximum Gasteiger partial charge on any atom is 0.251 e. The zero-order chi connectivity index (χ0) is 66.4. The third-order valence-electron chi connectivity index (χ3n) is 17.2. The maximum absolute atomic E-state index is 12.3. The van der Waals surface area contributed by atoms with Gasteiger partial charge in [0.05, 0.1) is 55.2 Å². The van der Waals surface area contributed by atoms with Gasteiger partial charge in [0.2, 0.25) is 11.9 Å². The van der Waals surface area contributed by atoms with Crippen molar-refractivity contribution >= 4 is 34.0 Å². The summed E-state index contributed by atoms with van der Waals surface area (Å²) in [5.41, 5.74) is 7.66. The van der Waals surface area contributed by atoms with Crippen LogP contribution in [-0.4, -0.2) is 133 Å². The summed E-state index contributed by atoms with van der Waals surface area (Å²) in [7, 11) is 0. The molecule has 0 bridgehead atoms. The summed E-state index contributed by atoms with van der Waals surface area (Å²) < 4.78 is 3.68. The Bertz CT molecular complexity index is 4930. The molecular weight excluding hydrogens is 1290 g/mol. The molecule has 3 atom stereocenters. The average molecular weight is 1360 g/mol. The number of hydrogen-bond acceptors (Lipinski definition) is 19. The van der Waals surface area contributed by atoms with E-state index in [9.17, 15) is 14.4 Å². The summed E-state index contributed by atoms with van der Waals surface area (Å²) in [6.07, 6.45) is 24.4. The minimum absolute atomic E-state index is 0.0773. The molecule has 13 aromatic rings. The monoisotopic (exact) mass is 1360 g/mol. The van der Waals surface area contributed by atoms with Crippen molar-refractivity contribution in [2.75, 3.05) is 39.3 Å². The number of piperidine rings is 3. The summed E-state index contributed by atoms with van der Waals surface area (Å²) in [4.78, 5) is 105. The van der Waals surface area contributed by atoms with E-state index in [1.165, 1.54) is 0 Å². The van der Waals surface area contributed by atoms with Gasteiger partial charge in [-0.15, -0.1) is 34.0 Å². The maximum atomic E-state index is 12.3. The number of nitrogens with one attached hydrogen (secondary N) is 4. The van der Waals surface area contributed by atoms with E-state index in [1.54, 1.807) is 83.5 Å². The molecule has 0 radical (unpaired) electrons. The number of hydrogen-bond donors (Lipinski definition) is 4. The molecule has 3 aliphatic heterocycles. The Morgan fingerprint density at radius 3 is 1.31 bits per heavy atom. The van der Waals surface area contributed by atoms with Crippen LogP contribution in [0.2, 0.25) is 0 Å². The molecule has 16 rings (SSSR count). The van der Waals surface area contributed by atoms with Gasteiger partial charge in [0, 0.05) is 129 Å². The van der Waals surface area contributed by atoms with Crippen LogP contribution in [0.25, 0.3) is 54.7 Å². The predicted molar refractivity (Wildman–Crippen MR) is 381 cm³/mol. The van der Waals surface area contributed by atoms with Crippen molar-refractivity contribution in [3.63, 3.8) is 0 Å². The molecule has 98 heavy (non-hydrogen) atoms. The van der Waals surface area contributed by atoms with Crippen LogP contribution in [0.4, 0.5) is 0 Å². The molecule has 14 heterocycles. The number of aromatic nitrogens is 16. The highest BCUT2D eigenvalue weighted by Crippen LogP contribution is 2.32. The summed E-state index contributed by atoms with van der Waals surface area (Å²) >= 11 is 4.79. The lowest BCUT2D eigenvalue weighted by Crippen LogP contribution is -2.35. The second kappa shape index (κ2) is 31.1. The Kier molecular flexibility index (Phi) is 20.5. The minimum atomic E-state index is -0.105. The molecule has 3 aliphatic rings. The van der Waals surface area contributed by atoms with Gasteiger partial charge in [0.1, 0.15) is 36.0 Å². The van der Waals surface area contributed by atoms with Gasteiger partial charge in [-0.3, -0.25) is 38.2 Å². The van der Waals surface area contributed by atoms with E-state index in [0.717, 1.165) is 180 Å². The highest BCUT2D eigenvalue weighted by atomic mass is 32.1. The van der Waals surface area contributed by atoms with Crippen LogP contribution in [0.5, 0.6) is 0 Å². The van der Waals surface area contributed by atoms with E-state index in [2.05, 4.69) is 81.4 Å². The second-order valence-corrected chi connectivity index (χ2v) is 27.2. The van der Waals surface area contributed by atoms with Crippen molar-refractivity contribution in [2.45, 2.75) is 75.9 Å². The van der Waals surface area contributed by atoms with E-state index >= 15 is 0 Å². The van der Waals surface area contributed by atoms with Gasteiger partial charge in [-0.1, -0.05) is 78.6 Å². The zero-order valence-corrected chi connectivity index (χ0v) is 55.9. The summed E-state index contributed by atoms with van der Waals surface area (Å²) in [5.74, 6) is 11.3. The van der Waals surface area contributed by atoms with Gasteiger partial charge in [0.25, 0.3) is 16.7 Å². The first-order valence-corrected chi connectivity index (χ1v) is 35.3. The molecule has 0 amide bonds. The molecule has 4 N–H and O–H groups in total. The number of likely N-dealkylation sites (tertiary alicyclic amines) is 3. The molecule has 3 unspecified atom stereocenters. The van der Waals surface area contributed by atoms with Gasteiger partial charge in [-0.2, -0.15) is 0 Å². The van der Waals surface area contributed by atoms with Gasteiger partial charge >= 0.3 is 0 Å². The van der Waals surface area contributed by atoms with E-state index in [-0.39, 0.29) is 34.4 Å². The zero-order valence-electron chi connectivity index (χ0n) is 53.5. The molecular formula is C73H69N19O3S3. The first-order chi connectivity index (χ1) is 48.2. The van der Waals surface area contributed by atoms with Crippen molar-refractivity contribution in [3.05, 3.63) is 271 Å². The Balaban J connectivity index is 0.000000129.